The van der Waals surface area contributed by atoms with Crippen LogP contribution >= 0.6 is 0 Å². The van der Waals surface area contributed by atoms with Gasteiger partial charge < -0.3 is 15.3 Å². The lowest BCUT2D eigenvalue weighted by molar-refractivity contribution is 0.0717. The smallest absolute Gasteiger partial charge is 0.255 e. The van der Waals surface area contributed by atoms with Crippen LogP contribution in [0.25, 0.3) is 0 Å². The van der Waals surface area contributed by atoms with Gasteiger partial charge in [0.05, 0.1) is 17.7 Å². The van der Waals surface area contributed by atoms with E-state index in [0.29, 0.717) is 5.56 Å². The number of anilines is 1. The van der Waals surface area contributed by atoms with Crippen molar-refractivity contribution in [2.24, 2.45) is 0 Å². The molecule has 3 rings (SSSR count). The van der Waals surface area contributed by atoms with Crippen molar-refractivity contribution in [3.8, 4) is 0 Å². The second kappa shape index (κ2) is 7.09. The van der Waals surface area contributed by atoms with E-state index in [-0.39, 0.29) is 11.9 Å². The number of aliphatic hydroxyl groups excluding tert-OH is 1. The van der Waals surface area contributed by atoms with Gasteiger partial charge in [-0.2, -0.15) is 0 Å². The Hall–Kier alpha value is -1.62. The molecule has 1 aliphatic heterocycles. The maximum Gasteiger partial charge on any atom is 0.255 e. The summed E-state index contributed by atoms with van der Waals surface area (Å²) in [6, 6.07) is 3.51. The van der Waals surface area contributed by atoms with Gasteiger partial charge in [0.1, 0.15) is 5.82 Å². The molecule has 22 heavy (non-hydrogen) atoms. The Kier molecular flexibility index (Phi) is 4.93. The molecule has 0 unspecified atom stereocenters. The summed E-state index contributed by atoms with van der Waals surface area (Å²) in [5, 5.41) is 13.1. The maximum absolute atomic E-state index is 12.6. The predicted octanol–water partition coefficient (Wildman–Crippen LogP) is 2.11. The average molecular weight is 303 g/mol. The van der Waals surface area contributed by atoms with Crippen LogP contribution in [-0.4, -0.2) is 41.2 Å². The molecule has 1 saturated carbocycles. The quantitative estimate of drug-likeness (QED) is 0.897. The van der Waals surface area contributed by atoms with E-state index in [1.54, 1.807) is 12.3 Å². The third-order valence-electron chi connectivity index (χ3n) is 4.73. The monoisotopic (exact) mass is 303 g/mol. The number of nitrogens with one attached hydrogen (secondary N) is 1. The molecule has 5 nitrogen and oxygen atoms in total. The van der Waals surface area contributed by atoms with Gasteiger partial charge in [-0.1, -0.05) is 12.8 Å². The molecule has 0 spiro atoms. The molecule has 0 aromatic carbocycles. The molecule has 0 bridgehead atoms. The molecule has 1 saturated heterocycles. The number of piperidine rings is 1. The van der Waals surface area contributed by atoms with E-state index >= 15 is 0 Å². The zero-order valence-corrected chi connectivity index (χ0v) is 13.0. The molecule has 2 atom stereocenters. The normalized spacial score (nSPS) is 25.8. The van der Waals surface area contributed by atoms with Crippen molar-refractivity contribution in [1.29, 1.82) is 0 Å². The van der Waals surface area contributed by atoms with Gasteiger partial charge in [0.25, 0.3) is 5.91 Å². The SMILES string of the molecule is O=C(N[C@H]1CCCC[C@@H]1O)c1cccnc1N1CCCCC1. The zero-order chi connectivity index (χ0) is 15.4. The van der Waals surface area contributed by atoms with Gasteiger partial charge in [0.2, 0.25) is 0 Å². The Labute approximate surface area is 131 Å². The van der Waals surface area contributed by atoms with Gasteiger partial charge >= 0.3 is 0 Å². The number of amides is 1. The summed E-state index contributed by atoms with van der Waals surface area (Å²) in [6.45, 7) is 1.92. The molecule has 120 valence electrons. The van der Waals surface area contributed by atoms with Crippen LogP contribution in [0, 0.1) is 0 Å². The molecule has 2 aliphatic rings. The van der Waals surface area contributed by atoms with E-state index in [0.717, 1.165) is 57.4 Å². The van der Waals surface area contributed by atoms with Crippen molar-refractivity contribution in [1.82, 2.24) is 10.3 Å². The summed E-state index contributed by atoms with van der Waals surface area (Å²) in [6.07, 6.45) is 8.61. The molecular weight excluding hydrogens is 278 g/mol. The fraction of sp³-hybridized carbons (Fsp3) is 0.647. The molecule has 1 aromatic heterocycles. The zero-order valence-electron chi connectivity index (χ0n) is 13.0. The summed E-state index contributed by atoms with van der Waals surface area (Å²) in [4.78, 5) is 19.3. The highest BCUT2D eigenvalue weighted by Crippen LogP contribution is 2.23. The van der Waals surface area contributed by atoms with E-state index in [9.17, 15) is 9.90 Å². The van der Waals surface area contributed by atoms with Crippen molar-refractivity contribution in [3.63, 3.8) is 0 Å². The first-order valence-corrected chi connectivity index (χ1v) is 8.44. The van der Waals surface area contributed by atoms with Crippen molar-refractivity contribution in [3.05, 3.63) is 23.9 Å². The first kappa shape index (κ1) is 15.3. The van der Waals surface area contributed by atoms with E-state index < -0.39 is 6.10 Å². The van der Waals surface area contributed by atoms with Gasteiger partial charge in [-0.3, -0.25) is 4.79 Å². The van der Waals surface area contributed by atoms with E-state index in [1.807, 2.05) is 6.07 Å². The van der Waals surface area contributed by atoms with Crippen LogP contribution in [-0.2, 0) is 0 Å². The fourth-order valence-electron chi connectivity index (χ4n) is 3.46. The van der Waals surface area contributed by atoms with Crippen molar-refractivity contribution >= 4 is 11.7 Å². The molecule has 1 aromatic rings. The lowest BCUT2D eigenvalue weighted by atomic mass is 9.92. The summed E-state index contributed by atoms with van der Waals surface area (Å²) in [5.74, 6) is 0.671. The van der Waals surface area contributed by atoms with Crippen LogP contribution in [0.15, 0.2) is 18.3 Å². The van der Waals surface area contributed by atoms with Crippen LogP contribution in [0.4, 0.5) is 5.82 Å². The number of pyridine rings is 1. The Morgan fingerprint density at radius 3 is 2.73 bits per heavy atom. The minimum Gasteiger partial charge on any atom is -0.391 e. The first-order chi connectivity index (χ1) is 10.8. The van der Waals surface area contributed by atoms with Gasteiger partial charge in [-0.05, 0) is 44.2 Å². The lowest BCUT2D eigenvalue weighted by Gasteiger charge is -2.31. The Morgan fingerprint density at radius 1 is 1.18 bits per heavy atom. The molecule has 2 heterocycles. The van der Waals surface area contributed by atoms with E-state index in [4.69, 9.17) is 0 Å². The van der Waals surface area contributed by atoms with Crippen LogP contribution in [0.1, 0.15) is 55.3 Å². The summed E-state index contributed by atoms with van der Waals surface area (Å²) in [7, 11) is 0. The number of rotatable bonds is 3. The minimum atomic E-state index is -0.423. The Balaban J connectivity index is 1.74. The molecule has 1 amide bonds. The fourth-order valence-corrected chi connectivity index (χ4v) is 3.46. The highest BCUT2D eigenvalue weighted by molar-refractivity contribution is 5.99. The first-order valence-electron chi connectivity index (χ1n) is 8.44. The molecule has 1 aliphatic carbocycles. The second-order valence-electron chi connectivity index (χ2n) is 6.35. The molecule has 2 fully saturated rings. The number of hydrogen-bond acceptors (Lipinski definition) is 4. The number of hydrogen-bond donors (Lipinski definition) is 2. The minimum absolute atomic E-state index is 0.111. The largest absolute Gasteiger partial charge is 0.391 e. The molecule has 0 radical (unpaired) electrons. The molecular formula is C17H25N3O2. The predicted molar refractivity (Wildman–Crippen MR) is 86.0 cm³/mol. The van der Waals surface area contributed by atoms with Crippen LogP contribution in [0.2, 0.25) is 0 Å². The van der Waals surface area contributed by atoms with Crippen molar-refractivity contribution in [2.45, 2.75) is 57.1 Å². The maximum atomic E-state index is 12.6. The summed E-state index contributed by atoms with van der Waals surface area (Å²) < 4.78 is 0. The van der Waals surface area contributed by atoms with Crippen molar-refractivity contribution < 1.29 is 9.90 Å². The third kappa shape index (κ3) is 3.40. The summed E-state index contributed by atoms with van der Waals surface area (Å²) in [5.41, 5.74) is 0.627. The topological polar surface area (TPSA) is 65.5 Å². The van der Waals surface area contributed by atoms with Crippen LogP contribution in [0.5, 0.6) is 0 Å². The van der Waals surface area contributed by atoms with Gasteiger partial charge in [-0.25, -0.2) is 4.98 Å². The lowest BCUT2D eigenvalue weighted by Crippen LogP contribution is -2.45. The number of nitrogens with zero attached hydrogens (tertiary/aromatic N) is 2. The molecule has 2 N–H and O–H groups in total. The van der Waals surface area contributed by atoms with Crippen LogP contribution in [0.3, 0.4) is 0 Å². The Bertz CT molecular complexity index is 514. The number of aliphatic hydroxyl groups is 1. The summed E-state index contributed by atoms with van der Waals surface area (Å²) >= 11 is 0. The van der Waals surface area contributed by atoms with Crippen molar-refractivity contribution in [2.75, 3.05) is 18.0 Å². The Morgan fingerprint density at radius 2 is 1.95 bits per heavy atom. The second-order valence-corrected chi connectivity index (χ2v) is 6.35. The number of aromatic nitrogens is 1. The van der Waals surface area contributed by atoms with Gasteiger partial charge in [0.15, 0.2) is 0 Å². The number of carbonyl (C=O) groups excluding carboxylic acids is 1. The standard InChI is InChI=1S/C17H25N3O2/c21-15-9-3-2-8-14(15)19-17(22)13-7-6-10-18-16(13)20-11-4-1-5-12-20/h6-7,10,14-15,21H,1-5,8-9,11-12H2,(H,19,22)/t14-,15-/m0/s1. The van der Waals surface area contributed by atoms with Gasteiger partial charge in [-0.15, -0.1) is 0 Å². The van der Waals surface area contributed by atoms with E-state index in [1.165, 1.54) is 6.42 Å². The molecule has 5 heteroatoms. The highest BCUT2D eigenvalue weighted by atomic mass is 16.3. The number of carbonyl (C=O) groups is 1. The van der Waals surface area contributed by atoms with E-state index in [2.05, 4.69) is 15.2 Å². The highest BCUT2D eigenvalue weighted by Gasteiger charge is 2.27. The average Bonchev–Trinajstić information content (AvgIpc) is 2.58. The van der Waals surface area contributed by atoms with Crippen LogP contribution < -0.4 is 10.2 Å². The van der Waals surface area contributed by atoms with Gasteiger partial charge in [0, 0.05) is 19.3 Å². The third-order valence-corrected chi connectivity index (χ3v) is 4.73.